The molecule has 22 heavy (non-hydrogen) atoms. The zero-order valence-electron chi connectivity index (χ0n) is 11.4. The Hall–Kier alpha value is -3.16. The van der Waals surface area contributed by atoms with Gasteiger partial charge in [0.15, 0.2) is 5.76 Å². The van der Waals surface area contributed by atoms with Gasteiger partial charge in [-0.25, -0.2) is 0 Å². The Morgan fingerprint density at radius 1 is 1.00 bits per heavy atom. The third kappa shape index (κ3) is 3.92. The van der Waals surface area contributed by atoms with Crippen LogP contribution in [0.25, 0.3) is 0 Å². The van der Waals surface area contributed by atoms with Crippen molar-refractivity contribution in [3.63, 3.8) is 0 Å². The summed E-state index contributed by atoms with van der Waals surface area (Å²) in [4.78, 5) is 33.1. The highest BCUT2D eigenvalue weighted by atomic mass is 16.6. The highest BCUT2D eigenvalue weighted by molar-refractivity contribution is 5.94. The minimum atomic E-state index is -0.725. The molecule has 0 radical (unpaired) electrons. The van der Waals surface area contributed by atoms with Gasteiger partial charge in [-0.05, 0) is 18.2 Å². The Balaban J connectivity index is 1.75. The number of hydrogen-bond donors (Lipinski definition) is 2. The van der Waals surface area contributed by atoms with E-state index in [4.69, 9.17) is 4.42 Å². The predicted octanol–water partition coefficient (Wildman–Crippen LogP) is 1.35. The Bertz CT molecular complexity index is 681. The van der Waals surface area contributed by atoms with Crippen LogP contribution in [0.2, 0.25) is 0 Å². The van der Waals surface area contributed by atoms with Crippen LogP contribution in [-0.2, 0) is 0 Å². The summed E-state index contributed by atoms with van der Waals surface area (Å²) >= 11 is 0. The molecular weight excluding hydrogens is 290 g/mol. The summed E-state index contributed by atoms with van der Waals surface area (Å²) in [6, 6.07) is 11.0. The first-order valence-electron chi connectivity index (χ1n) is 6.43. The monoisotopic (exact) mass is 303 g/mol. The average Bonchev–Trinajstić information content (AvgIpc) is 3.02. The van der Waals surface area contributed by atoms with Crippen LogP contribution in [-0.4, -0.2) is 29.8 Å². The first-order valence-corrected chi connectivity index (χ1v) is 6.43. The maximum Gasteiger partial charge on any atom is 0.433 e. The van der Waals surface area contributed by atoms with Crippen LogP contribution in [0.5, 0.6) is 0 Å². The standard InChI is InChI=1S/C14H13N3O5/c18-13(10-4-2-1-3-5-10)15-8-9-16-14(19)11-6-7-12(22-11)17(20)21/h1-7H,8-9H2,(H,15,18)(H,16,19). The summed E-state index contributed by atoms with van der Waals surface area (Å²) in [6.07, 6.45) is 0. The third-order valence-corrected chi connectivity index (χ3v) is 2.73. The minimum absolute atomic E-state index is 0.152. The van der Waals surface area contributed by atoms with Gasteiger partial charge in [0.2, 0.25) is 0 Å². The Morgan fingerprint density at radius 3 is 2.23 bits per heavy atom. The number of nitrogens with zero attached hydrogens (tertiary/aromatic N) is 1. The molecule has 1 aromatic carbocycles. The van der Waals surface area contributed by atoms with E-state index >= 15 is 0 Å². The average molecular weight is 303 g/mol. The number of carbonyl (C=O) groups excluding carboxylic acids is 2. The number of amides is 2. The molecule has 0 bridgehead atoms. The fourth-order valence-corrected chi connectivity index (χ4v) is 1.68. The molecule has 2 N–H and O–H groups in total. The van der Waals surface area contributed by atoms with Crippen molar-refractivity contribution in [2.75, 3.05) is 13.1 Å². The van der Waals surface area contributed by atoms with Crippen molar-refractivity contribution in [3.8, 4) is 0 Å². The fourth-order valence-electron chi connectivity index (χ4n) is 1.68. The molecule has 114 valence electrons. The summed E-state index contributed by atoms with van der Waals surface area (Å²) in [6.45, 7) is 0.397. The lowest BCUT2D eigenvalue weighted by Crippen LogP contribution is -2.34. The van der Waals surface area contributed by atoms with E-state index in [1.807, 2.05) is 0 Å². The van der Waals surface area contributed by atoms with E-state index in [0.29, 0.717) is 5.56 Å². The van der Waals surface area contributed by atoms with Crippen LogP contribution in [0.15, 0.2) is 46.9 Å². The second-order valence-electron chi connectivity index (χ2n) is 4.27. The van der Waals surface area contributed by atoms with Crippen LogP contribution in [0, 0.1) is 10.1 Å². The first-order chi connectivity index (χ1) is 10.6. The SMILES string of the molecule is O=C(NCCNC(=O)c1ccc([N+](=O)[O-])o1)c1ccccc1. The molecule has 0 saturated carbocycles. The van der Waals surface area contributed by atoms with Gasteiger partial charge in [0.1, 0.15) is 4.92 Å². The van der Waals surface area contributed by atoms with Gasteiger partial charge >= 0.3 is 5.88 Å². The van der Waals surface area contributed by atoms with E-state index in [2.05, 4.69) is 10.6 Å². The fraction of sp³-hybridized carbons (Fsp3) is 0.143. The third-order valence-electron chi connectivity index (χ3n) is 2.73. The summed E-state index contributed by atoms with van der Waals surface area (Å²) in [5, 5.41) is 15.6. The molecule has 0 atom stereocenters. The smallest absolute Gasteiger partial charge is 0.395 e. The molecule has 0 saturated heterocycles. The molecule has 0 unspecified atom stereocenters. The number of carbonyl (C=O) groups is 2. The number of nitrogens with one attached hydrogen (secondary N) is 2. The lowest BCUT2D eigenvalue weighted by atomic mass is 10.2. The second-order valence-corrected chi connectivity index (χ2v) is 4.27. The van der Waals surface area contributed by atoms with E-state index in [0.717, 1.165) is 6.07 Å². The largest absolute Gasteiger partial charge is 0.433 e. The van der Waals surface area contributed by atoms with E-state index in [-0.39, 0.29) is 24.8 Å². The molecule has 8 nitrogen and oxygen atoms in total. The van der Waals surface area contributed by atoms with Crippen LogP contribution in [0.1, 0.15) is 20.9 Å². The van der Waals surface area contributed by atoms with Crippen molar-refractivity contribution < 1.29 is 18.9 Å². The predicted molar refractivity (Wildman–Crippen MR) is 76.5 cm³/mol. The summed E-state index contributed by atoms with van der Waals surface area (Å²) in [5.41, 5.74) is 0.524. The maximum absolute atomic E-state index is 11.7. The molecule has 0 spiro atoms. The van der Waals surface area contributed by atoms with Gasteiger partial charge in [-0.1, -0.05) is 18.2 Å². The van der Waals surface area contributed by atoms with E-state index < -0.39 is 16.7 Å². The van der Waals surface area contributed by atoms with Crippen molar-refractivity contribution in [2.24, 2.45) is 0 Å². The van der Waals surface area contributed by atoms with Crippen molar-refractivity contribution in [1.29, 1.82) is 0 Å². The van der Waals surface area contributed by atoms with Crippen LogP contribution >= 0.6 is 0 Å². The van der Waals surface area contributed by atoms with Gasteiger partial charge in [0.05, 0.1) is 6.07 Å². The van der Waals surface area contributed by atoms with Gasteiger partial charge in [-0.2, -0.15) is 0 Å². The zero-order chi connectivity index (χ0) is 15.9. The lowest BCUT2D eigenvalue weighted by Gasteiger charge is -2.05. The zero-order valence-corrected chi connectivity index (χ0v) is 11.4. The van der Waals surface area contributed by atoms with Gasteiger partial charge < -0.3 is 15.1 Å². The van der Waals surface area contributed by atoms with Gasteiger partial charge in [0, 0.05) is 18.7 Å². The molecule has 2 rings (SSSR count). The molecule has 1 heterocycles. The molecule has 2 aromatic rings. The van der Waals surface area contributed by atoms with Gasteiger partial charge in [-0.15, -0.1) is 0 Å². The highest BCUT2D eigenvalue weighted by Gasteiger charge is 2.16. The number of furan rings is 1. The molecule has 0 aliphatic rings. The lowest BCUT2D eigenvalue weighted by molar-refractivity contribution is -0.402. The van der Waals surface area contributed by atoms with Crippen molar-refractivity contribution in [2.45, 2.75) is 0 Å². The Labute approximate surface area is 125 Å². The van der Waals surface area contributed by atoms with Gasteiger partial charge in [-0.3, -0.25) is 19.7 Å². The van der Waals surface area contributed by atoms with E-state index in [1.165, 1.54) is 6.07 Å². The molecule has 0 aliphatic carbocycles. The maximum atomic E-state index is 11.7. The minimum Gasteiger partial charge on any atom is -0.395 e. The van der Waals surface area contributed by atoms with Crippen molar-refractivity contribution in [1.82, 2.24) is 10.6 Å². The summed E-state index contributed by atoms with van der Waals surface area (Å²) < 4.78 is 4.76. The number of nitro groups is 1. The molecular formula is C14H13N3O5. The van der Waals surface area contributed by atoms with Gasteiger partial charge in [0.25, 0.3) is 11.8 Å². The molecule has 0 aliphatic heterocycles. The summed E-state index contributed by atoms with van der Waals surface area (Å²) in [7, 11) is 0. The van der Waals surface area contributed by atoms with Crippen LogP contribution in [0.3, 0.4) is 0 Å². The highest BCUT2D eigenvalue weighted by Crippen LogP contribution is 2.15. The van der Waals surface area contributed by atoms with Crippen LogP contribution in [0.4, 0.5) is 5.88 Å². The second kappa shape index (κ2) is 7.02. The first kappa shape index (κ1) is 15.2. The molecule has 8 heteroatoms. The quantitative estimate of drug-likeness (QED) is 0.475. The van der Waals surface area contributed by atoms with E-state index in [9.17, 15) is 19.7 Å². The number of rotatable bonds is 6. The summed E-state index contributed by atoms with van der Waals surface area (Å²) in [5.74, 6) is -1.48. The Morgan fingerprint density at radius 2 is 1.64 bits per heavy atom. The van der Waals surface area contributed by atoms with Crippen molar-refractivity contribution >= 4 is 17.7 Å². The topological polar surface area (TPSA) is 114 Å². The van der Waals surface area contributed by atoms with Crippen LogP contribution < -0.4 is 10.6 Å². The number of hydrogen-bond acceptors (Lipinski definition) is 5. The number of benzene rings is 1. The van der Waals surface area contributed by atoms with Crippen molar-refractivity contribution in [3.05, 3.63) is 63.9 Å². The molecule has 1 aromatic heterocycles. The molecule has 0 fully saturated rings. The van der Waals surface area contributed by atoms with E-state index in [1.54, 1.807) is 30.3 Å². The normalized spacial score (nSPS) is 10.0. The Kier molecular flexibility index (Phi) is 4.86. The molecule has 2 amide bonds.